The highest BCUT2D eigenvalue weighted by Gasteiger charge is 2.06. The van der Waals surface area contributed by atoms with Crippen molar-refractivity contribution in [3.8, 4) is 5.75 Å². The zero-order valence-electron chi connectivity index (χ0n) is 6.99. The summed E-state index contributed by atoms with van der Waals surface area (Å²) in [5.41, 5.74) is 0.195. The van der Waals surface area contributed by atoms with Crippen LogP contribution in [0.2, 0.25) is 0 Å². The summed E-state index contributed by atoms with van der Waals surface area (Å²) < 4.78 is 5.57. The minimum atomic E-state index is -1.09. The molecule has 1 aromatic carbocycles. The summed E-state index contributed by atoms with van der Waals surface area (Å²) in [5.74, 6) is -0.879. The van der Waals surface area contributed by atoms with E-state index in [9.17, 15) is 9.59 Å². The lowest BCUT2D eigenvalue weighted by atomic mass is 10.2. The molecule has 4 nitrogen and oxygen atoms in total. The Morgan fingerprint density at radius 1 is 1.57 bits per heavy atom. The highest BCUT2D eigenvalue weighted by Crippen LogP contribution is 2.21. The van der Waals surface area contributed by atoms with Crippen LogP contribution in [0.15, 0.2) is 22.7 Å². The van der Waals surface area contributed by atoms with Crippen molar-refractivity contribution in [3.05, 3.63) is 28.2 Å². The average Bonchev–Trinajstić information content (AvgIpc) is 2.15. The summed E-state index contributed by atoms with van der Waals surface area (Å²) in [6.07, 6.45) is 1.66. The summed E-state index contributed by atoms with van der Waals surface area (Å²) >= 11 is 3.17. The summed E-state index contributed by atoms with van der Waals surface area (Å²) in [4.78, 5) is 20.7. The van der Waals surface area contributed by atoms with Crippen LogP contribution in [0.4, 0.5) is 0 Å². The molecule has 1 aromatic rings. The number of ether oxygens (including phenoxy) is 1. The van der Waals surface area contributed by atoms with Crippen LogP contribution in [0.1, 0.15) is 5.56 Å². The second-order valence-corrected chi connectivity index (χ2v) is 3.34. The molecule has 0 fully saturated rings. The first-order valence-corrected chi connectivity index (χ1v) is 4.45. The van der Waals surface area contributed by atoms with Gasteiger partial charge in [-0.05, 0) is 18.2 Å². The second-order valence-electron chi connectivity index (χ2n) is 2.42. The van der Waals surface area contributed by atoms with Gasteiger partial charge >= 0.3 is 5.97 Å². The molecule has 0 aromatic heterocycles. The first kappa shape index (κ1) is 10.7. The fourth-order valence-corrected chi connectivity index (χ4v) is 1.21. The minimum Gasteiger partial charge on any atom is -0.481 e. The van der Waals surface area contributed by atoms with Crippen LogP contribution in [0.3, 0.4) is 0 Å². The molecule has 0 bridgehead atoms. The van der Waals surface area contributed by atoms with E-state index in [0.717, 1.165) is 0 Å². The molecule has 0 aliphatic heterocycles. The SMILES string of the molecule is O=[C]c1cc(Br)ccc1OCC(=O)O. The molecule has 73 valence electrons. The van der Waals surface area contributed by atoms with Crippen LogP contribution in [-0.4, -0.2) is 24.0 Å². The summed E-state index contributed by atoms with van der Waals surface area (Å²) in [6.45, 7) is -0.476. The van der Waals surface area contributed by atoms with Crippen molar-refractivity contribution >= 4 is 28.2 Å². The molecule has 1 radical (unpaired) electrons. The van der Waals surface area contributed by atoms with Crippen molar-refractivity contribution < 1.29 is 19.4 Å². The van der Waals surface area contributed by atoms with Crippen LogP contribution in [-0.2, 0) is 9.59 Å². The molecule has 0 aliphatic rings. The van der Waals surface area contributed by atoms with E-state index >= 15 is 0 Å². The molecule has 1 rings (SSSR count). The van der Waals surface area contributed by atoms with Crippen molar-refractivity contribution in [3.63, 3.8) is 0 Å². The first-order chi connectivity index (χ1) is 6.63. The smallest absolute Gasteiger partial charge is 0.341 e. The second kappa shape index (κ2) is 4.76. The number of aliphatic carboxylic acids is 1. The topological polar surface area (TPSA) is 63.6 Å². The monoisotopic (exact) mass is 257 g/mol. The first-order valence-electron chi connectivity index (χ1n) is 3.66. The van der Waals surface area contributed by atoms with E-state index in [1.807, 2.05) is 0 Å². The molecule has 14 heavy (non-hydrogen) atoms. The molecule has 5 heteroatoms. The summed E-state index contributed by atoms with van der Waals surface area (Å²) in [6, 6.07) is 4.66. The van der Waals surface area contributed by atoms with Crippen molar-refractivity contribution in [1.29, 1.82) is 0 Å². The maximum atomic E-state index is 10.5. The number of carboxylic acids is 1. The zero-order valence-corrected chi connectivity index (χ0v) is 8.58. The fourth-order valence-electron chi connectivity index (χ4n) is 0.847. The van der Waals surface area contributed by atoms with Gasteiger partial charge in [0.2, 0.25) is 6.29 Å². The van der Waals surface area contributed by atoms with Crippen molar-refractivity contribution in [2.24, 2.45) is 0 Å². The molecule has 0 unspecified atom stereocenters. The van der Waals surface area contributed by atoms with Gasteiger partial charge in [0, 0.05) is 4.47 Å². The normalized spacial score (nSPS) is 9.50. The number of benzene rings is 1. The van der Waals surface area contributed by atoms with E-state index in [4.69, 9.17) is 9.84 Å². The highest BCUT2D eigenvalue weighted by atomic mass is 79.9. The summed E-state index contributed by atoms with van der Waals surface area (Å²) in [5, 5.41) is 8.36. The van der Waals surface area contributed by atoms with Gasteiger partial charge in [-0.15, -0.1) is 0 Å². The van der Waals surface area contributed by atoms with Gasteiger partial charge in [0.1, 0.15) is 5.75 Å². The molecule has 0 heterocycles. The van der Waals surface area contributed by atoms with E-state index < -0.39 is 12.6 Å². The van der Waals surface area contributed by atoms with Crippen LogP contribution >= 0.6 is 15.9 Å². The molecule has 0 aliphatic carbocycles. The summed E-state index contributed by atoms with van der Waals surface area (Å²) in [7, 11) is 0. The van der Waals surface area contributed by atoms with Gasteiger partial charge in [-0.25, -0.2) is 4.79 Å². The van der Waals surface area contributed by atoms with Crippen molar-refractivity contribution in [2.75, 3.05) is 6.61 Å². The van der Waals surface area contributed by atoms with Gasteiger partial charge in [-0.3, -0.25) is 4.79 Å². The van der Waals surface area contributed by atoms with Gasteiger partial charge in [-0.2, -0.15) is 0 Å². The molecule has 0 amide bonds. The molecular formula is C9H6BrO4. The van der Waals surface area contributed by atoms with Gasteiger partial charge in [0.15, 0.2) is 6.61 Å². The Hall–Kier alpha value is -1.36. The van der Waals surface area contributed by atoms with E-state index in [1.165, 1.54) is 12.1 Å². The lowest BCUT2D eigenvalue weighted by molar-refractivity contribution is -0.139. The molecular weight excluding hydrogens is 252 g/mol. The predicted octanol–water partition coefficient (Wildman–Crippen LogP) is 1.37. The Balaban J connectivity index is 2.85. The van der Waals surface area contributed by atoms with Gasteiger partial charge in [0.25, 0.3) is 0 Å². The van der Waals surface area contributed by atoms with Gasteiger partial charge < -0.3 is 9.84 Å². The number of carbonyl (C=O) groups excluding carboxylic acids is 1. The molecule has 0 saturated carbocycles. The quantitative estimate of drug-likeness (QED) is 0.885. The lowest BCUT2D eigenvalue weighted by Crippen LogP contribution is -2.10. The van der Waals surface area contributed by atoms with E-state index in [2.05, 4.69) is 15.9 Å². The van der Waals surface area contributed by atoms with Crippen molar-refractivity contribution in [1.82, 2.24) is 0 Å². The molecule has 1 N–H and O–H groups in total. The fraction of sp³-hybridized carbons (Fsp3) is 0.111. The lowest BCUT2D eigenvalue weighted by Gasteiger charge is -2.05. The van der Waals surface area contributed by atoms with Gasteiger partial charge in [-0.1, -0.05) is 15.9 Å². The minimum absolute atomic E-state index is 0.195. The number of carbonyl (C=O) groups is 1. The Morgan fingerprint density at radius 3 is 2.86 bits per heavy atom. The van der Waals surface area contributed by atoms with Crippen LogP contribution in [0.25, 0.3) is 0 Å². The molecule has 0 spiro atoms. The highest BCUT2D eigenvalue weighted by molar-refractivity contribution is 9.10. The maximum Gasteiger partial charge on any atom is 0.341 e. The standard InChI is InChI=1S/C9H6BrO4/c10-7-1-2-8(6(3-7)4-11)14-5-9(12)13/h1-3H,5H2,(H,12,13). The number of hydrogen-bond acceptors (Lipinski definition) is 3. The Labute approximate surface area is 88.6 Å². The number of hydrogen-bond donors (Lipinski definition) is 1. The van der Waals surface area contributed by atoms with Crippen LogP contribution in [0, 0.1) is 0 Å². The van der Waals surface area contributed by atoms with Crippen LogP contribution < -0.4 is 4.74 Å². The molecule has 0 atom stereocenters. The van der Waals surface area contributed by atoms with E-state index in [-0.39, 0.29) is 11.3 Å². The van der Waals surface area contributed by atoms with E-state index in [0.29, 0.717) is 4.47 Å². The van der Waals surface area contributed by atoms with E-state index in [1.54, 1.807) is 12.4 Å². The number of carboxylic acid groups (broad SMARTS) is 1. The Bertz CT molecular complexity index is 362. The largest absolute Gasteiger partial charge is 0.481 e. The van der Waals surface area contributed by atoms with Crippen molar-refractivity contribution in [2.45, 2.75) is 0 Å². The third-order valence-corrected chi connectivity index (χ3v) is 1.90. The Kier molecular flexibility index (Phi) is 3.64. The Morgan fingerprint density at radius 2 is 2.29 bits per heavy atom. The third-order valence-electron chi connectivity index (χ3n) is 1.40. The van der Waals surface area contributed by atoms with Gasteiger partial charge in [0.05, 0.1) is 5.56 Å². The predicted molar refractivity (Wildman–Crippen MR) is 52.1 cm³/mol. The number of halogens is 1. The average molecular weight is 258 g/mol. The number of rotatable bonds is 4. The zero-order chi connectivity index (χ0) is 10.6. The molecule has 0 saturated heterocycles. The third kappa shape index (κ3) is 2.85. The maximum absolute atomic E-state index is 10.5. The van der Waals surface area contributed by atoms with Crippen LogP contribution in [0.5, 0.6) is 5.75 Å².